The maximum atomic E-state index is 7.16. The minimum absolute atomic E-state index is 0.134. The lowest BCUT2D eigenvalue weighted by Crippen LogP contribution is -2.08. The molecule has 0 atom stereocenters. The Morgan fingerprint density at radius 3 is 2.91 bits per heavy atom. The van der Waals surface area contributed by atoms with Crippen molar-refractivity contribution in [1.82, 2.24) is 4.98 Å². The van der Waals surface area contributed by atoms with Crippen molar-refractivity contribution in [2.75, 3.05) is 0 Å². The van der Waals surface area contributed by atoms with Crippen LogP contribution in [0.4, 0.5) is 0 Å². The fraction of sp³-hybridized carbons (Fsp3) is 0.429. The molecule has 3 nitrogen and oxygen atoms in total. The minimum atomic E-state index is 0.134. The van der Waals surface area contributed by atoms with Crippen molar-refractivity contribution in [3.63, 3.8) is 0 Å². The molecular weight excluding hydrogens is 158 g/mol. The fourth-order valence-corrected chi connectivity index (χ4v) is 1.88. The predicted molar refractivity (Wildman–Crippen MR) is 45.1 cm³/mol. The Morgan fingerprint density at radius 1 is 1.73 bits per heavy atom. The van der Waals surface area contributed by atoms with Crippen LogP contribution >= 0.6 is 11.3 Å². The van der Waals surface area contributed by atoms with Crippen LogP contribution in [-0.4, -0.2) is 10.8 Å². The zero-order valence-corrected chi connectivity index (χ0v) is 6.82. The molecule has 1 saturated carbocycles. The first kappa shape index (κ1) is 6.79. The summed E-state index contributed by atoms with van der Waals surface area (Å²) in [5.74, 6) is 0.808. The molecule has 1 aromatic rings. The lowest BCUT2D eigenvalue weighted by atomic mass is 10.4. The number of nitrogens with one attached hydrogen (secondary N) is 1. The van der Waals surface area contributed by atoms with Crippen LogP contribution in [0.1, 0.15) is 28.6 Å². The predicted octanol–water partition coefficient (Wildman–Crippen LogP) is 1.30. The highest BCUT2D eigenvalue weighted by molar-refractivity contribution is 7.13. The van der Waals surface area contributed by atoms with E-state index in [9.17, 15) is 0 Å². The van der Waals surface area contributed by atoms with E-state index in [1.54, 1.807) is 17.5 Å². The third-order valence-corrected chi connectivity index (χ3v) is 2.91. The molecule has 4 heteroatoms. The van der Waals surface area contributed by atoms with Gasteiger partial charge in [-0.15, -0.1) is 11.3 Å². The normalized spacial score (nSPS) is 16.7. The van der Waals surface area contributed by atoms with Gasteiger partial charge >= 0.3 is 0 Å². The van der Waals surface area contributed by atoms with Crippen molar-refractivity contribution in [2.24, 2.45) is 5.73 Å². The van der Waals surface area contributed by atoms with Crippen molar-refractivity contribution in [3.8, 4) is 0 Å². The van der Waals surface area contributed by atoms with E-state index >= 15 is 0 Å². The molecule has 0 unspecified atom stereocenters. The molecule has 1 aliphatic carbocycles. The molecule has 0 spiro atoms. The molecule has 0 bridgehead atoms. The third-order valence-electron chi connectivity index (χ3n) is 1.72. The van der Waals surface area contributed by atoms with Crippen LogP contribution in [0.3, 0.4) is 0 Å². The van der Waals surface area contributed by atoms with E-state index < -0.39 is 0 Å². The molecule has 11 heavy (non-hydrogen) atoms. The number of amidine groups is 1. The summed E-state index contributed by atoms with van der Waals surface area (Å²) >= 11 is 1.55. The summed E-state index contributed by atoms with van der Waals surface area (Å²) in [5.41, 5.74) is 5.30. The first-order valence-electron chi connectivity index (χ1n) is 3.57. The van der Waals surface area contributed by atoms with Crippen LogP contribution in [0.5, 0.6) is 0 Å². The number of hydrogen-bond donors (Lipinski definition) is 2. The third kappa shape index (κ3) is 1.26. The molecule has 0 saturated heterocycles. The number of hydrogen-bond acceptors (Lipinski definition) is 3. The average molecular weight is 167 g/mol. The van der Waals surface area contributed by atoms with E-state index in [4.69, 9.17) is 11.1 Å². The summed E-state index contributed by atoms with van der Waals surface area (Å²) in [7, 11) is 0. The van der Waals surface area contributed by atoms with Crippen molar-refractivity contribution < 1.29 is 0 Å². The van der Waals surface area contributed by atoms with Crippen LogP contribution in [0.2, 0.25) is 0 Å². The van der Waals surface area contributed by atoms with Gasteiger partial charge in [0.25, 0.3) is 0 Å². The lowest BCUT2D eigenvalue weighted by Gasteiger charge is -1.86. The van der Waals surface area contributed by atoms with E-state index in [1.807, 2.05) is 0 Å². The molecular formula is C7H9N3S. The highest BCUT2D eigenvalue weighted by atomic mass is 32.1. The van der Waals surface area contributed by atoms with E-state index in [-0.39, 0.29) is 5.84 Å². The fourth-order valence-electron chi connectivity index (χ4n) is 0.931. The first-order valence-corrected chi connectivity index (χ1v) is 4.39. The number of thiazole rings is 1. The van der Waals surface area contributed by atoms with Gasteiger partial charge in [0.15, 0.2) is 0 Å². The standard InChI is InChI=1S/C7H9N3S/c8-6(9)5-3-10-7(11-5)4-1-2-4/h3-4H,1-2H2,(H3,8,9). The molecule has 58 valence electrons. The summed E-state index contributed by atoms with van der Waals surface area (Å²) in [4.78, 5) is 5.00. The van der Waals surface area contributed by atoms with Gasteiger partial charge in [-0.05, 0) is 12.8 Å². The zero-order chi connectivity index (χ0) is 7.84. The second-order valence-corrected chi connectivity index (χ2v) is 3.81. The molecule has 1 aromatic heterocycles. The van der Waals surface area contributed by atoms with Crippen LogP contribution in [0.15, 0.2) is 6.20 Å². The Hall–Kier alpha value is -0.900. The summed E-state index contributed by atoms with van der Waals surface area (Å²) in [6, 6.07) is 0. The first-order chi connectivity index (χ1) is 5.27. The number of nitrogens with zero attached hydrogens (tertiary/aromatic N) is 1. The summed E-state index contributed by atoms with van der Waals surface area (Å²) in [5, 5.41) is 8.31. The van der Waals surface area contributed by atoms with Crippen LogP contribution in [0, 0.1) is 5.41 Å². The van der Waals surface area contributed by atoms with Crippen molar-refractivity contribution in [2.45, 2.75) is 18.8 Å². The molecule has 1 heterocycles. The monoisotopic (exact) mass is 167 g/mol. The molecule has 0 radical (unpaired) electrons. The molecule has 1 aliphatic rings. The van der Waals surface area contributed by atoms with Gasteiger partial charge in [-0.2, -0.15) is 0 Å². The highest BCUT2D eigenvalue weighted by Crippen LogP contribution is 2.41. The average Bonchev–Trinajstić information content (AvgIpc) is 2.68. The van der Waals surface area contributed by atoms with Crippen molar-refractivity contribution in [3.05, 3.63) is 16.1 Å². The Morgan fingerprint density at radius 2 is 2.45 bits per heavy atom. The molecule has 0 amide bonds. The Kier molecular flexibility index (Phi) is 1.42. The number of aromatic nitrogens is 1. The maximum absolute atomic E-state index is 7.16. The Bertz CT molecular complexity index is 288. The summed E-state index contributed by atoms with van der Waals surface area (Å²) < 4.78 is 0. The van der Waals surface area contributed by atoms with Crippen LogP contribution in [0.25, 0.3) is 0 Å². The van der Waals surface area contributed by atoms with E-state index in [2.05, 4.69) is 4.98 Å². The van der Waals surface area contributed by atoms with Gasteiger partial charge in [-0.3, -0.25) is 5.41 Å². The maximum Gasteiger partial charge on any atom is 0.134 e. The SMILES string of the molecule is N=C(N)c1cnc(C2CC2)s1. The topological polar surface area (TPSA) is 62.8 Å². The highest BCUT2D eigenvalue weighted by Gasteiger charge is 2.26. The van der Waals surface area contributed by atoms with E-state index in [0.717, 1.165) is 9.88 Å². The Labute approximate surface area is 68.8 Å². The van der Waals surface area contributed by atoms with Gasteiger partial charge in [-0.1, -0.05) is 0 Å². The summed E-state index contributed by atoms with van der Waals surface area (Å²) in [6.45, 7) is 0. The largest absolute Gasteiger partial charge is 0.383 e. The number of nitrogens with two attached hydrogens (primary N) is 1. The molecule has 0 aliphatic heterocycles. The van der Waals surface area contributed by atoms with Gasteiger partial charge in [0.05, 0.1) is 9.88 Å². The van der Waals surface area contributed by atoms with Crippen molar-refractivity contribution in [1.29, 1.82) is 5.41 Å². The number of nitrogen functional groups attached to an aromatic ring is 1. The second kappa shape index (κ2) is 2.30. The lowest BCUT2D eigenvalue weighted by molar-refractivity contribution is 1.08. The van der Waals surface area contributed by atoms with Gasteiger partial charge in [-0.25, -0.2) is 4.98 Å². The van der Waals surface area contributed by atoms with Gasteiger partial charge in [0.2, 0.25) is 0 Å². The van der Waals surface area contributed by atoms with E-state index in [0.29, 0.717) is 5.92 Å². The zero-order valence-electron chi connectivity index (χ0n) is 6.00. The quantitative estimate of drug-likeness (QED) is 0.515. The summed E-state index contributed by atoms with van der Waals surface area (Å²) in [6.07, 6.45) is 4.20. The van der Waals surface area contributed by atoms with Gasteiger partial charge < -0.3 is 5.73 Å². The molecule has 2 rings (SSSR count). The second-order valence-electron chi connectivity index (χ2n) is 2.75. The van der Waals surface area contributed by atoms with Crippen LogP contribution < -0.4 is 5.73 Å². The minimum Gasteiger partial charge on any atom is -0.383 e. The number of rotatable bonds is 2. The molecule has 3 N–H and O–H groups in total. The smallest absolute Gasteiger partial charge is 0.134 e. The van der Waals surface area contributed by atoms with Crippen molar-refractivity contribution >= 4 is 17.2 Å². The van der Waals surface area contributed by atoms with Crippen LogP contribution in [-0.2, 0) is 0 Å². The van der Waals surface area contributed by atoms with E-state index in [1.165, 1.54) is 12.8 Å². The molecule has 0 aromatic carbocycles. The van der Waals surface area contributed by atoms with Gasteiger partial charge in [0, 0.05) is 12.1 Å². The molecule has 1 fully saturated rings. The van der Waals surface area contributed by atoms with Gasteiger partial charge in [0.1, 0.15) is 5.84 Å². The Balaban J connectivity index is 2.25.